The number of carbonyl (C=O) groups is 1. The molecule has 0 saturated carbocycles. The van der Waals surface area contributed by atoms with E-state index >= 15 is 0 Å². The summed E-state index contributed by atoms with van der Waals surface area (Å²) in [7, 11) is 4.08. The predicted molar refractivity (Wildman–Crippen MR) is 81.9 cm³/mol. The Morgan fingerprint density at radius 1 is 1.42 bits per heavy atom. The summed E-state index contributed by atoms with van der Waals surface area (Å²) in [5.74, 6) is -0.436. The number of anilines is 1. The van der Waals surface area contributed by atoms with Crippen molar-refractivity contribution >= 4 is 27.6 Å². The first-order chi connectivity index (χ1) is 8.81. The molecule has 0 saturated heterocycles. The summed E-state index contributed by atoms with van der Waals surface area (Å²) in [6, 6.07) is 5.35. The maximum atomic E-state index is 10.9. The maximum absolute atomic E-state index is 10.9. The molecule has 0 aromatic heterocycles. The van der Waals surface area contributed by atoms with Crippen molar-refractivity contribution in [2.24, 2.45) is 5.92 Å². The average Bonchev–Trinajstić information content (AvgIpc) is 2.29. The van der Waals surface area contributed by atoms with Crippen LogP contribution in [0.25, 0.3) is 0 Å². The van der Waals surface area contributed by atoms with Crippen molar-refractivity contribution in [3.63, 3.8) is 0 Å². The van der Waals surface area contributed by atoms with Crippen LogP contribution in [0.15, 0.2) is 22.7 Å². The highest BCUT2D eigenvalue weighted by molar-refractivity contribution is 9.10. The van der Waals surface area contributed by atoms with Crippen LogP contribution >= 0.6 is 15.9 Å². The SMILES string of the molecule is CC(C)C(CN(C)C)Nc1ccc(C(=O)O)cc1Br. The third kappa shape index (κ3) is 4.84. The molecule has 1 aromatic carbocycles. The zero-order valence-corrected chi connectivity index (χ0v) is 13.4. The highest BCUT2D eigenvalue weighted by Crippen LogP contribution is 2.25. The van der Waals surface area contributed by atoms with Crippen molar-refractivity contribution < 1.29 is 9.90 Å². The minimum absolute atomic E-state index is 0.283. The standard InChI is InChI=1S/C14H21BrN2O2/c1-9(2)13(8-17(3)4)16-12-6-5-10(14(18)19)7-11(12)15/h5-7,9,13,16H,8H2,1-4H3,(H,18,19). The molecule has 0 aliphatic carbocycles. The Kier molecular flexibility index (Phi) is 5.82. The minimum atomic E-state index is -0.916. The lowest BCUT2D eigenvalue weighted by atomic mass is 10.0. The molecule has 1 aromatic rings. The second-order valence-corrected chi connectivity index (χ2v) is 6.11. The van der Waals surface area contributed by atoms with Crippen LogP contribution in [0.3, 0.4) is 0 Å². The van der Waals surface area contributed by atoms with Crippen molar-refractivity contribution in [1.82, 2.24) is 4.90 Å². The summed E-state index contributed by atoms with van der Waals surface area (Å²) in [5, 5.41) is 12.4. The number of benzene rings is 1. The molecule has 0 radical (unpaired) electrons. The van der Waals surface area contributed by atoms with Crippen LogP contribution in [0.4, 0.5) is 5.69 Å². The summed E-state index contributed by atoms with van der Waals surface area (Å²) in [5.41, 5.74) is 1.21. The third-order valence-corrected chi connectivity index (χ3v) is 3.58. The fourth-order valence-corrected chi connectivity index (χ4v) is 2.27. The number of carboxylic acids is 1. The van der Waals surface area contributed by atoms with Crippen molar-refractivity contribution in [3.05, 3.63) is 28.2 Å². The molecule has 4 nitrogen and oxygen atoms in total. The zero-order chi connectivity index (χ0) is 14.6. The van der Waals surface area contributed by atoms with Crippen LogP contribution in [0.1, 0.15) is 24.2 Å². The van der Waals surface area contributed by atoms with Gasteiger partial charge in [-0.05, 0) is 54.1 Å². The highest BCUT2D eigenvalue weighted by Gasteiger charge is 2.16. The van der Waals surface area contributed by atoms with Crippen molar-refractivity contribution in [3.8, 4) is 0 Å². The van der Waals surface area contributed by atoms with E-state index < -0.39 is 5.97 Å². The molecule has 0 amide bonds. The van der Waals surface area contributed by atoms with E-state index in [4.69, 9.17) is 5.11 Å². The number of halogens is 1. The summed E-state index contributed by atoms with van der Waals surface area (Å²) < 4.78 is 0.775. The summed E-state index contributed by atoms with van der Waals surface area (Å²) in [6.45, 7) is 5.26. The molecule has 0 spiro atoms. The van der Waals surface area contributed by atoms with Crippen LogP contribution in [-0.4, -0.2) is 42.7 Å². The summed E-state index contributed by atoms with van der Waals surface area (Å²) in [4.78, 5) is 13.0. The molecule has 1 rings (SSSR count). The second-order valence-electron chi connectivity index (χ2n) is 5.26. The van der Waals surface area contributed by atoms with Gasteiger partial charge in [-0.3, -0.25) is 0 Å². The van der Waals surface area contributed by atoms with E-state index in [9.17, 15) is 4.79 Å². The van der Waals surface area contributed by atoms with Crippen LogP contribution in [0.5, 0.6) is 0 Å². The molecule has 0 bridgehead atoms. The topological polar surface area (TPSA) is 52.6 Å². The van der Waals surface area contributed by atoms with Gasteiger partial charge in [-0.15, -0.1) is 0 Å². The Balaban J connectivity index is 2.88. The van der Waals surface area contributed by atoms with Crippen molar-refractivity contribution in [2.75, 3.05) is 26.0 Å². The molecule has 2 N–H and O–H groups in total. The average molecular weight is 329 g/mol. The molecule has 0 aliphatic rings. The fourth-order valence-electron chi connectivity index (χ4n) is 1.78. The Labute approximate surface area is 122 Å². The van der Waals surface area contributed by atoms with E-state index in [1.807, 2.05) is 14.1 Å². The van der Waals surface area contributed by atoms with Crippen molar-refractivity contribution in [2.45, 2.75) is 19.9 Å². The Hall–Kier alpha value is -1.07. The molecule has 0 heterocycles. The number of aromatic carboxylic acids is 1. The van der Waals surface area contributed by atoms with Gasteiger partial charge in [0, 0.05) is 22.7 Å². The number of hydrogen-bond acceptors (Lipinski definition) is 3. The van der Waals surface area contributed by atoms with E-state index in [2.05, 4.69) is 40.0 Å². The monoisotopic (exact) mass is 328 g/mol. The molecule has 0 aliphatic heterocycles. The van der Waals surface area contributed by atoms with Gasteiger partial charge in [-0.1, -0.05) is 13.8 Å². The maximum Gasteiger partial charge on any atom is 0.335 e. The second kappa shape index (κ2) is 6.91. The smallest absolute Gasteiger partial charge is 0.335 e. The summed E-state index contributed by atoms with van der Waals surface area (Å²) in [6.07, 6.45) is 0. The van der Waals surface area contributed by atoms with Gasteiger partial charge in [0.2, 0.25) is 0 Å². The fraction of sp³-hybridized carbons (Fsp3) is 0.500. The largest absolute Gasteiger partial charge is 0.478 e. The van der Waals surface area contributed by atoms with E-state index in [0.29, 0.717) is 12.0 Å². The Bertz CT molecular complexity index is 447. The molecule has 19 heavy (non-hydrogen) atoms. The predicted octanol–water partition coefficient (Wildman–Crippen LogP) is 3.15. The van der Waals surface area contributed by atoms with Gasteiger partial charge in [0.1, 0.15) is 0 Å². The van der Waals surface area contributed by atoms with Crippen molar-refractivity contribution in [1.29, 1.82) is 0 Å². The molecule has 106 valence electrons. The van der Waals surface area contributed by atoms with Crippen LogP contribution in [0.2, 0.25) is 0 Å². The van der Waals surface area contributed by atoms with Crippen LogP contribution < -0.4 is 5.32 Å². The molecule has 1 unspecified atom stereocenters. The first-order valence-corrected chi connectivity index (χ1v) is 7.04. The quantitative estimate of drug-likeness (QED) is 0.842. The first-order valence-electron chi connectivity index (χ1n) is 6.25. The van der Waals surface area contributed by atoms with E-state index in [1.54, 1.807) is 18.2 Å². The summed E-state index contributed by atoms with van der Waals surface area (Å²) >= 11 is 3.42. The van der Waals surface area contributed by atoms with Gasteiger partial charge in [-0.25, -0.2) is 4.79 Å². The number of hydrogen-bond donors (Lipinski definition) is 2. The van der Waals surface area contributed by atoms with Gasteiger partial charge >= 0.3 is 5.97 Å². The number of likely N-dealkylation sites (N-methyl/N-ethyl adjacent to an activating group) is 1. The molecular formula is C14H21BrN2O2. The molecule has 0 fully saturated rings. The van der Waals surface area contributed by atoms with E-state index in [0.717, 1.165) is 16.7 Å². The Morgan fingerprint density at radius 2 is 2.05 bits per heavy atom. The number of rotatable bonds is 6. The zero-order valence-electron chi connectivity index (χ0n) is 11.8. The van der Waals surface area contributed by atoms with Crippen LogP contribution in [0, 0.1) is 5.92 Å². The number of nitrogens with zero attached hydrogens (tertiary/aromatic N) is 1. The third-order valence-electron chi connectivity index (χ3n) is 2.92. The number of nitrogens with one attached hydrogen (secondary N) is 1. The Morgan fingerprint density at radius 3 is 2.47 bits per heavy atom. The highest BCUT2D eigenvalue weighted by atomic mass is 79.9. The molecule has 1 atom stereocenters. The lowest BCUT2D eigenvalue weighted by molar-refractivity contribution is 0.0697. The normalized spacial score (nSPS) is 12.8. The molecule has 5 heteroatoms. The van der Waals surface area contributed by atoms with Gasteiger partial charge < -0.3 is 15.3 Å². The van der Waals surface area contributed by atoms with E-state index in [-0.39, 0.29) is 5.56 Å². The lowest BCUT2D eigenvalue weighted by Gasteiger charge is -2.27. The van der Waals surface area contributed by atoms with Gasteiger partial charge in [0.25, 0.3) is 0 Å². The molecular weight excluding hydrogens is 308 g/mol. The van der Waals surface area contributed by atoms with Gasteiger partial charge in [-0.2, -0.15) is 0 Å². The van der Waals surface area contributed by atoms with Crippen LogP contribution in [-0.2, 0) is 0 Å². The van der Waals surface area contributed by atoms with Gasteiger partial charge in [0.05, 0.1) is 5.56 Å². The number of carboxylic acid groups (broad SMARTS) is 1. The van der Waals surface area contributed by atoms with Gasteiger partial charge in [0.15, 0.2) is 0 Å². The first kappa shape index (κ1) is 16.0. The minimum Gasteiger partial charge on any atom is -0.478 e. The lowest BCUT2D eigenvalue weighted by Crippen LogP contribution is -2.36. The van der Waals surface area contributed by atoms with E-state index in [1.165, 1.54) is 0 Å².